The van der Waals surface area contributed by atoms with Crippen molar-refractivity contribution in [2.45, 2.75) is 25.8 Å². The van der Waals surface area contributed by atoms with Gasteiger partial charge >= 0.3 is 11.8 Å². The van der Waals surface area contributed by atoms with E-state index in [2.05, 4.69) is 20.6 Å². The van der Waals surface area contributed by atoms with Crippen molar-refractivity contribution in [2.24, 2.45) is 0 Å². The molecule has 9 heteroatoms. The van der Waals surface area contributed by atoms with E-state index in [1.807, 2.05) is 13.8 Å². The number of nitrogens with zero attached hydrogens (tertiary/aromatic N) is 2. The Kier molecular flexibility index (Phi) is 6.86. The van der Waals surface area contributed by atoms with Crippen LogP contribution in [0.4, 0.5) is 5.69 Å². The van der Waals surface area contributed by atoms with Gasteiger partial charge in [0.05, 0.1) is 25.6 Å². The van der Waals surface area contributed by atoms with E-state index in [-0.39, 0.29) is 0 Å². The van der Waals surface area contributed by atoms with Crippen molar-refractivity contribution in [3.05, 3.63) is 55.4 Å². The molecule has 2 heterocycles. The standard InChI is InChI=1S/C22H24N4O5/c1-22(2,8-10-31-16-5-4-9-23-12-16)26-21(28)20(27)25-17-7-6-15(11-19(17)29-3)18-13-30-14-24-18/h4-7,9,11-14H,8,10H2,1-3H3,(H,25,27)(H,26,28). The molecule has 2 amide bonds. The van der Waals surface area contributed by atoms with Gasteiger partial charge in [-0.05, 0) is 38.1 Å². The molecule has 2 N–H and O–H groups in total. The summed E-state index contributed by atoms with van der Waals surface area (Å²) >= 11 is 0. The molecule has 0 aliphatic carbocycles. The quantitative estimate of drug-likeness (QED) is 0.534. The maximum Gasteiger partial charge on any atom is 0.313 e. The summed E-state index contributed by atoms with van der Waals surface area (Å²) in [5, 5.41) is 5.30. The summed E-state index contributed by atoms with van der Waals surface area (Å²) in [6.45, 7) is 3.99. The number of anilines is 1. The summed E-state index contributed by atoms with van der Waals surface area (Å²) in [6, 6.07) is 8.66. The minimum Gasteiger partial charge on any atom is -0.495 e. The molecule has 0 spiro atoms. The second-order valence-corrected chi connectivity index (χ2v) is 7.37. The third-order valence-corrected chi connectivity index (χ3v) is 4.47. The van der Waals surface area contributed by atoms with E-state index in [9.17, 15) is 9.59 Å². The molecule has 0 aliphatic heterocycles. The van der Waals surface area contributed by atoms with Crippen LogP contribution in [0.25, 0.3) is 11.3 Å². The van der Waals surface area contributed by atoms with E-state index in [4.69, 9.17) is 13.9 Å². The first-order valence-corrected chi connectivity index (χ1v) is 9.61. The Bertz CT molecular complexity index is 1020. The summed E-state index contributed by atoms with van der Waals surface area (Å²) in [7, 11) is 1.48. The van der Waals surface area contributed by atoms with Crippen LogP contribution in [0.3, 0.4) is 0 Å². The summed E-state index contributed by atoms with van der Waals surface area (Å²) < 4.78 is 15.9. The number of carbonyl (C=O) groups excluding carboxylic acids is 2. The zero-order valence-corrected chi connectivity index (χ0v) is 17.5. The summed E-state index contributed by atoms with van der Waals surface area (Å²) in [4.78, 5) is 32.9. The Morgan fingerprint density at radius 3 is 2.71 bits per heavy atom. The van der Waals surface area contributed by atoms with E-state index in [1.54, 1.807) is 42.7 Å². The number of hydrogen-bond acceptors (Lipinski definition) is 7. The van der Waals surface area contributed by atoms with Gasteiger partial charge in [0.25, 0.3) is 0 Å². The highest BCUT2D eigenvalue weighted by Gasteiger charge is 2.25. The van der Waals surface area contributed by atoms with Crippen LogP contribution in [0.1, 0.15) is 20.3 Å². The number of pyridine rings is 1. The first kappa shape index (κ1) is 21.8. The van der Waals surface area contributed by atoms with Crippen LogP contribution >= 0.6 is 0 Å². The van der Waals surface area contributed by atoms with Gasteiger partial charge in [0.15, 0.2) is 6.39 Å². The maximum atomic E-state index is 12.4. The van der Waals surface area contributed by atoms with Gasteiger partial charge in [0.1, 0.15) is 23.5 Å². The number of carbonyl (C=O) groups is 2. The number of methoxy groups -OCH3 is 1. The van der Waals surface area contributed by atoms with Crippen LogP contribution in [0.15, 0.2) is 59.8 Å². The Hall–Kier alpha value is -3.88. The molecule has 0 aliphatic rings. The normalized spacial score (nSPS) is 10.9. The fraction of sp³-hybridized carbons (Fsp3) is 0.273. The second kappa shape index (κ2) is 9.75. The highest BCUT2D eigenvalue weighted by Crippen LogP contribution is 2.30. The zero-order chi connectivity index (χ0) is 22.3. The van der Waals surface area contributed by atoms with Gasteiger partial charge in [0.2, 0.25) is 0 Å². The molecule has 2 aromatic heterocycles. The summed E-state index contributed by atoms with van der Waals surface area (Å²) in [5.41, 5.74) is 1.09. The number of aromatic nitrogens is 2. The maximum absolute atomic E-state index is 12.4. The summed E-state index contributed by atoms with van der Waals surface area (Å²) in [5.74, 6) is -0.517. The number of ether oxygens (including phenoxy) is 2. The van der Waals surface area contributed by atoms with Gasteiger partial charge in [-0.25, -0.2) is 4.98 Å². The second-order valence-electron chi connectivity index (χ2n) is 7.37. The van der Waals surface area contributed by atoms with Crippen molar-refractivity contribution in [1.82, 2.24) is 15.3 Å². The number of hydrogen-bond donors (Lipinski definition) is 2. The lowest BCUT2D eigenvalue weighted by molar-refractivity contribution is -0.137. The molecule has 3 rings (SSSR count). The molecule has 0 unspecified atom stereocenters. The molecule has 162 valence electrons. The number of oxazole rings is 1. The Labute approximate surface area is 179 Å². The van der Waals surface area contributed by atoms with E-state index < -0.39 is 17.4 Å². The lowest BCUT2D eigenvalue weighted by atomic mass is 10.0. The van der Waals surface area contributed by atoms with Crippen molar-refractivity contribution in [3.8, 4) is 22.8 Å². The molecule has 0 fully saturated rings. The van der Waals surface area contributed by atoms with Crippen LogP contribution in [-0.2, 0) is 9.59 Å². The first-order valence-electron chi connectivity index (χ1n) is 9.61. The van der Waals surface area contributed by atoms with Crippen LogP contribution in [0.5, 0.6) is 11.5 Å². The molecular formula is C22H24N4O5. The molecule has 0 saturated heterocycles. The van der Waals surface area contributed by atoms with Gasteiger partial charge in [-0.2, -0.15) is 0 Å². The SMILES string of the molecule is COc1cc(-c2cocn2)ccc1NC(=O)C(=O)NC(C)(C)CCOc1cccnc1. The largest absolute Gasteiger partial charge is 0.495 e. The van der Waals surface area contributed by atoms with Gasteiger partial charge < -0.3 is 24.5 Å². The van der Waals surface area contributed by atoms with Crippen LogP contribution < -0.4 is 20.1 Å². The lowest BCUT2D eigenvalue weighted by Crippen LogP contribution is -2.48. The monoisotopic (exact) mass is 424 g/mol. The molecule has 0 radical (unpaired) electrons. The lowest BCUT2D eigenvalue weighted by Gasteiger charge is -2.26. The average Bonchev–Trinajstić information content (AvgIpc) is 3.29. The number of nitrogens with one attached hydrogen (secondary N) is 2. The summed E-state index contributed by atoms with van der Waals surface area (Å²) in [6.07, 6.45) is 6.59. The van der Waals surface area contributed by atoms with E-state index in [0.717, 1.165) is 5.56 Å². The van der Waals surface area contributed by atoms with Gasteiger partial charge in [-0.15, -0.1) is 0 Å². The minimum atomic E-state index is -0.797. The predicted octanol–water partition coefficient (Wildman–Crippen LogP) is 3.05. The van der Waals surface area contributed by atoms with Crippen molar-refractivity contribution in [3.63, 3.8) is 0 Å². The molecule has 1 aromatic carbocycles. The van der Waals surface area contributed by atoms with Crippen LogP contribution in [0, 0.1) is 0 Å². The average molecular weight is 424 g/mol. The number of benzene rings is 1. The zero-order valence-electron chi connectivity index (χ0n) is 17.5. The molecule has 0 saturated carbocycles. The van der Waals surface area contributed by atoms with E-state index in [0.29, 0.717) is 35.9 Å². The Morgan fingerprint density at radius 2 is 2.03 bits per heavy atom. The highest BCUT2D eigenvalue weighted by atomic mass is 16.5. The predicted molar refractivity (Wildman–Crippen MR) is 114 cm³/mol. The smallest absolute Gasteiger partial charge is 0.313 e. The van der Waals surface area contributed by atoms with Crippen LogP contribution in [0.2, 0.25) is 0 Å². The third kappa shape index (κ3) is 6.05. The van der Waals surface area contributed by atoms with Crippen molar-refractivity contribution in [1.29, 1.82) is 0 Å². The first-order chi connectivity index (χ1) is 14.9. The Morgan fingerprint density at radius 1 is 1.19 bits per heavy atom. The number of rotatable bonds is 8. The van der Waals surface area contributed by atoms with Gasteiger partial charge in [-0.3, -0.25) is 14.6 Å². The van der Waals surface area contributed by atoms with E-state index in [1.165, 1.54) is 19.8 Å². The van der Waals surface area contributed by atoms with Crippen LogP contribution in [-0.4, -0.2) is 41.0 Å². The van der Waals surface area contributed by atoms with Crippen molar-refractivity contribution >= 4 is 17.5 Å². The van der Waals surface area contributed by atoms with Crippen molar-refractivity contribution in [2.75, 3.05) is 19.0 Å². The minimum absolute atomic E-state index is 0.359. The number of amides is 2. The third-order valence-electron chi connectivity index (χ3n) is 4.47. The Balaban J connectivity index is 1.56. The molecule has 9 nitrogen and oxygen atoms in total. The molecule has 0 atom stereocenters. The highest BCUT2D eigenvalue weighted by molar-refractivity contribution is 6.40. The fourth-order valence-corrected chi connectivity index (χ4v) is 2.77. The molecule has 3 aromatic rings. The van der Waals surface area contributed by atoms with E-state index >= 15 is 0 Å². The fourth-order valence-electron chi connectivity index (χ4n) is 2.77. The van der Waals surface area contributed by atoms with Gasteiger partial charge in [-0.1, -0.05) is 6.07 Å². The van der Waals surface area contributed by atoms with Crippen molar-refractivity contribution < 1.29 is 23.5 Å². The molecule has 31 heavy (non-hydrogen) atoms. The molecule has 0 bridgehead atoms. The topological polar surface area (TPSA) is 116 Å². The van der Waals surface area contributed by atoms with Gasteiger partial charge in [0, 0.05) is 23.7 Å². The molecular weight excluding hydrogens is 400 g/mol.